The lowest BCUT2D eigenvalue weighted by atomic mass is 10.0. The second-order valence-corrected chi connectivity index (χ2v) is 6.22. The fraction of sp³-hybridized carbons (Fsp3) is 0.667. The molecule has 8 N–H and O–H groups in total. The van der Waals surface area contributed by atoms with Crippen molar-refractivity contribution < 1.29 is 39.3 Å². The molecule has 0 aromatic carbocycles. The van der Waals surface area contributed by atoms with Crippen molar-refractivity contribution in [3.8, 4) is 0 Å². The van der Waals surface area contributed by atoms with Gasteiger partial charge in [0.25, 0.3) is 0 Å². The molecule has 0 rings (SSSR count). The Morgan fingerprint density at radius 3 is 1.78 bits per heavy atom. The SMILES string of the molecule is CC(C)C(NC(=O)C(CC(=O)O)NC(=O)CN)C(=O)NC(C(=O)O)C(C)O. The van der Waals surface area contributed by atoms with Gasteiger partial charge in [-0.15, -0.1) is 0 Å². The summed E-state index contributed by atoms with van der Waals surface area (Å²) in [6.07, 6.45) is -2.13. The Labute approximate surface area is 155 Å². The molecule has 0 aliphatic heterocycles. The number of aliphatic hydroxyl groups is 1. The van der Waals surface area contributed by atoms with Gasteiger partial charge in [-0.1, -0.05) is 13.8 Å². The smallest absolute Gasteiger partial charge is 0.328 e. The van der Waals surface area contributed by atoms with Crippen molar-refractivity contribution in [1.82, 2.24) is 16.0 Å². The van der Waals surface area contributed by atoms with E-state index in [0.717, 1.165) is 0 Å². The number of carboxylic acid groups (broad SMARTS) is 2. The Hall–Kier alpha value is -2.73. The van der Waals surface area contributed by atoms with Crippen LogP contribution in [-0.4, -0.2) is 75.8 Å². The molecule has 0 fully saturated rings. The van der Waals surface area contributed by atoms with Crippen molar-refractivity contribution in [2.45, 2.75) is 51.4 Å². The van der Waals surface area contributed by atoms with Crippen LogP contribution in [0.5, 0.6) is 0 Å². The Morgan fingerprint density at radius 2 is 1.41 bits per heavy atom. The number of nitrogens with two attached hydrogens (primary N) is 1. The number of rotatable bonds is 11. The first-order valence-electron chi connectivity index (χ1n) is 8.13. The summed E-state index contributed by atoms with van der Waals surface area (Å²) in [6.45, 7) is 3.83. The summed E-state index contributed by atoms with van der Waals surface area (Å²) in [4.78, 5) is 58.0. The van der Waals surface area contributed by atoms with Crippen molar-refractivity contribution in [2.75, 3.05) is 6.54 Å². The first kappa shape index (κ1) is 24.3. The number of hydrogen-bond donors (Lipinski definition) is 7. The summed E-state index contributed by atoms with van der Waals surface area (Å²) in [5, 5.41) is 33.9. The maximum Gasteiger partial charge on any atom is 0.328 e. The zero-order valence-electron chi connectivity index (χ0n) is 15.3. The Kier molecular flexibility index (Phi) is 9.96. The topological polar surface area (TPSA) is 208 Å². The van der Waals surface area contributed by atoms with E-state index >= 15 is 0 Å². The average molecular weight is 390 g/mol. The maximum atomic E-state index is 12.3. The van der Waals surface area contributed by atoms with E-state index in [4.69, 9.17) is 15.9 Å². The van der Waals surface area contributed by atoms with Crippen LogP contribution in [0.4, 0.5) is 0 Å². The van der Waals surface area contributed by atoms with E-state index in [-0.39, 0.29) is 0 Å². The molecule has 0 heterocycles. The quantitative estimate of drug-likeness (QED) is 0.191. The molecule has 12 heteroatoms. The number of nitrogens with one attached hydrogen (secondary N) is 3. The van der Waals surface area contributed by atoms with Crippen LogP contribution >= 0.6 is 0 Å². The van der Waals surface area contributed by atoms with Gasteiger partial charge in [0, 0.05) is 0 Å². The van der Waals surface area contributed by atoms with E-state index in [1.165, 1.54) is 6.92 Å². The van der Waals surface area contributed by atoms with Crippen LogP contribution in [0.3, 0.4) is 0 Å². The third kappa shape index (κ3) is 8.46. The molecule has 4 unspecified atom stereocenters. The fourth-order valence-corrected chi connectivity index (χ4v) is 2.06. The van der Waals surface area contributed by atoms with E-state index in [2.05, 4.69) is 16.0 Å². The van der Waals surface area contributed by atoms with Crippen LogP contribution in [0, 0.1) is 5.92 Å². The van der Waals surface area contributed by atoms with E-state index in [9.17, 15) is 29.1 Å². The molecular weight excluding hydrogens is 364 g/mol. The predicted octanol–water partition coefficient (Wildman–Crippen LogP) is -3.00. The van der Waals surface area contributed by atoms with Crippen molar-refractivity contribution in [3.63, 3.8) is 0 Å². The largest absolute Gasteiger partial charge is 0.481 e. The lowest BCUT2D eigenvalue weighted by Crippen LogP contribution is -2.59. The van der Waals surface area contributed by atoms with Gasteiger partial charge in [-0.3, -0.25) is 19.2 Å². The van der Waals surface area contributed by atoms with Gasteiger partial charge in [-0.25, -0.2) is 4.79 Å². The van der Waals surface area contributed by atoms with Crippen molar-refractivity contribution in [1.29, 1.82) is 0 Å². The second kappa shape index (κ2) is 11.1. The minimum atomic E-state index is -1.59. The lowest BCUT2D eigenvalue weighted by Gasteiger charge is -2.26. The minimum absolute atomic E-state index is 0.466. The third-order valence-electron chi connectivity index (χ3n) is 3.51. The molecule has 27 heavy (non-hydrogen) atoms. The Balaban J connectivity index is 5.31. The van der Waals surface area contributed by atoms with E-state index < -0.39 is 72.8 Å². The zero-order chi connectivity index (χ0) is 21.3. The molecule has 0 saturated heterocycles. The summed E-state index contributed by atoms with van der Waals surface area (Å²) in [5.41, 5.74) is 5.13. The third-order valence-corrected chi connectivity index (χ3v) is 3.51. The summed E-state index contributed by atoms with van der Waals surface area (Å²) in [5.74, 6) is -5.93. The van der Waals surface area contributed by atoms with Gasteiger partial charge in [0.2, 0.25) is 17.7 Å². The van der Waals surface area contributed by atoms with Gasteiger partial charge in [0.05, 0.1) is 19.1 Å². The number of carbonyl (C=O) groups excluding carboxylic acids is 3. The number of hydrogen-bond acceptors (Lipinski definition) is 7. The molecule has 0 saturated carbocycles. The molecule has 12 nitrogen and oxygen atoms in total. The van der Waals surface area contributed by atoms with Gasteiger partial charge in [-0.2, -0.15) is 0 Å². The number of carbonyl (C=O) groups is 5. The standard InChI is InChI=1S/C15H26N4O8/c1-6(2)11(14(25)19-12(7(3)20)15(26)27)18-13(24)8(4-10(22)23)17-9(21)5-16/h6-8,11-12,20H,4-5,16H2,1-3H3,(H,17,21)(H,18,24)(H,19,25)(H,22,23)(H,26,27). The maximum absolute atomic E-state index is 12.3. The Morgan fingerprint density at radius 1 is 0.889 bits per heavy atom. The molecule has 0 radical (unpaired) electrons. The Bertz CT molecular complexity index is 578. The van der Waals surface area contributed by atoms with Crippen molar-refractivity contribution in [3.05, 3.63) is 0 Å². The molecule has 0 aromatic rings. The molecule has 0 aromatic heterocycles. The van der Waals surface area contributed by atoms with Gasteiger partial charge in [0.1, 0.15) is 12.1 Å². The number of carboxylic acids is 2. The molecule has 154 valence electrons. The van der Waals surface area contributed by atoms with Crippen LogP contribution < -0.4 is 21.7 Å². The predicted molar refractivity (Wildman–Crippen MR) is 91.3 cm³/mol. The van der Waals surface area contributed by atoms with Crippen LogP contribution in [-0.2, 0) is 24.0 Å². The lowest BCUT2D eigenvalue weighted by molar-refractivity contribution is -0.146. The monoisotopic (exact) mass is 390 g/mol. The van der Waals surface area contributed by atoms with Gasteiger partial charge in [0.15, 0.2) is 6.04 Å². The van der Waals surface area contributed by atoms with E-state index in [1.807, 2.05) is 0 Å². The summed E-state index contributed by atoms with van der Waals surface area (Å²) in [6, 6.07) is -4.30. The molecule has 0 aliphatic rings. The summed E-state index contributed by atoms with van der Waals surface area (Å²) < 4.78 is 0. The number of amides is 3. The first-order valence-corrected chi connectivity index (χ1v) is 8.13. The fourth-order valence-electron chi connectivity index (χ4n) is 2.06. The van der Waals surface area contributed by atoms with Crippen molar-refractivity contribution in [2.24, 2.45) is 11.7 Å². The molecular formula is C15H26N4O8. The van der Waals surface area contributed by atoms with Crippen LogP contribution in [0.2, 0.25) is 0 Å². The highest BCUT2D eigenvalue weighted by atomic mass is 16.4. The van der Waals surface area contributed by atoms with Crippen molar-refractivity contribution >= 4 is 29.7 Å². The van der Waals surface area contributed by atoms with E-state index in [0.29, 0.717) is 0 Å². The zero-order valence-corrected chi connectivity index (χ0v) is 15.3. The second-order valence-electron chi connectivity index (χ2n) is 6.22. The minimum Gasteiger partial charge on any atom is -0.481 e. The number of aliphatic hydroxyl groups excluding tert-OH is 1. The van der Waals surface area contributed by atoms with Crippen LogP contribution in [0.25, 0.3) is 0 Å². The highest BCUT2D eigenvalue weighted by molar-refractivity contribution is 5.95. The molecule has 0 spiro atoms. The highest BCUT2D eigenvalue weighted by Crippen LogP contribution is 2.05. The van der Waals surface area contributed by atoms with Gasteiger partial charge in [-0.05, 0) is 12.8 Å². The summed E-state index contributed by atoms with van der Waals surface area (Å²) in [7, 11) is 0. The van der Waals surface area contributed by atoms with Crippen LogP contribution in [0.1, 0.15) is 27.2 Å². The van der Waals surface area contributed by atoms with E-state index in [1.54, 1.807) is 13.8 Å². The highest BCUT2D eigenvalue weighted by Gasteiger charge is 2.33. The summed E-state index contributed by atoms with van der Waals surface area (Å²) >= 11 is 0. The first-order chi connectivity index (χ1) is 12.4. The number of aliphatic carboxylic acids is 2. The van der Waals surface area contributed by atoms with Crippen LogP contribution in [0.15, 0.2) is 0 Å². The van der Waals surface area contributed by atoms with Gasteiger partial charge < -0.3 is 37.0 Å². The normalized spacial score (nSPS) is 15.2. The average Bonchev–Trinajstić information content (AvgIpc) is 2.54. The molecule has 0 bridgehead atoms. The molecule has 0 aliphatic carbocycles. The van der Waals surface area contributed by atoms with Gasteiger partial charge >= 0.3 is 11.9 Å². The molecule has 4 atom stereocenters. The molecule has 3 amide bonds.